The molecule has 0 atom stereocenters. The highest BCUT2D eigenvalue weighted by atomic mass is 79.9. The smallest absolute Gasteiger partial charge is 0.119 e. The largest absolute Gasteiger partial charge is 0.489 e. The predicted octanol–water partition coefficient (Wildman–Crippen LogP) is 4.17. The molecule has 2 aromatic rings. The van der Waals surface area contributed by atoms with Crippen molar-refractivity contribution in [1.82, 2.24) is 0 Å². The fourth-order valence-electron chi connectivity index (χ4n) is 1.75. The minimum absolute atomic E-state index is 0.523. The number of halogens is 1. The van der Waals surface area contributed by atoms with E-state index in [0.29, 0.717) is 6.61 Å². The van der Waals surface area contributed by atoms with E-state index in [0.717, 1.165) is 27.9 Å². The first kappa shape index (κ1) is 13.0. The molecule has 2 N–H and O–H groups in total. The second-order valence-corrected chi connectivity index (χ2v) is 5.09. The van der Waals surface area contributed by atoms with Crippen LogP contribution in [0.5, 0.6) is 5.75 Å². The lowest BCUT2D eigenvalue weighted by molar-refractivity contribution is 0.306. The highest BCUT2D eigenvalue weighted by molar-refractivity contribution is 9.10. The molecule has 2 aromatic carbocycles. The molecule has 94 valence electrons. The molecule has 0 aliphatic carbocycles. The van der Waals surface area contributed by atoms with Gasteiger partial charge in [-0.25, -0.2) is 0 Å². The number of ether oxygens (including phenoxy) is 1. The lowest BCUT2D eigenvalue weighted by Crippen LogP contribution is -1.97. The Morgan fingerprint density at radius 2 is 1.78 bits per heavy atom. The topological polar surface area (TPSA) is 35.2 Å². The normalized spacial score (nSPS) is 10.3. The van der Waals surface area contributed by atoms with Crippen LogP contribution in [-0.4, -0.2) is 0 Å². The van der Waals surface area contributed by atoms with Crippen molar-refractivity contribution in [3.8, 4) is 5.75 Å². The lowest BCUT2D eigenvalue weighted by atomic mass is 10.2. The number of benzene rings is 2. The maximum Gasteiger partial charge on any atom is 0.119 e. The number of aryl methyl sites for hydroxylation is 1. The van der Waals surface area contributed by atoms with Gasteiger partial charge in [-0.1, -0.05) is 35.0 Å². The van der Waals surface area contributed by atoms with Gasteiger partial charge in [0.25, 0.3) is 0 Å². The van der Waals surface area contributed by atoms with E-state index in [1.54, 1.807) is 0 Å². The van der Waals surface area contributed by atoms with Gasteiger partial charge in [0.1, 0.15) is 12.4 Å². The van der Waals surface area contributed by atoms with E-state index in [1.807, 2.05) is 30.3 Å². The molecule has 2 rings (SSSR count). The summed E-state index contributed by atoms with van der Waals surface area (Å²) >= 11 is 3.42. The SMILES string of the molecule is CCc1ccc(OCc2cc(N)cc(Br)c2)cc1. The summed E-state index contributed by atoms with van der Waals surface area (Å²) in [4.78, 5) is 0. The van der Waals surface area contributed by atoms with Crippen molar-refractivity contribution >= 4 is 21.6 Å². The van der Waals surface area contributed by atoms with Crippen LogP contribution in [0.3, 0.4) is 0 Å². The third kappa shape index (κ3) is 3.50. The summed E-state index contributed by atoms with van der Waals surface area (Å²) in [5.41, 5.74) is 8.89. The van der Waals surface area contributed by atoms with Crippen molar-refractivity contribution in [1.29, 1.82) is 0 Å². The van der Waals surface area contributed by atoms with Gasteiger partial charge in [-0.15, -0.1) is 0 Å². The number of hydrogen-bond donors (Lipinski definition) is 1. The van der Waals surface area contributed by atoms with Gasteiger partial charge in [0.2, 0.25) is 0 Å². The van der Waals surface area contributed by atoms with Crippen LogP contribution < -0.4 is 10.5 Å². The first-order valence-electron chi connectivity index (χ1n) is 5.94. The third-order valence-corrected chi connectivity index (χ3v) is 3.17. The van der Waals surface area contributed by atoms with Crippen molar-refractivity contribution < 1.29 is 4.74 Å². The number of anilines is 1. The van der Waals surface area contributed by atoms with Crippen molar-refractivity contribution in [2.45, 2.75) is 20.0 Å². The molecule has 3 heteroatoms. The molecular weight excluding hydrogens is 290 g/mol. The van der Waals surface area contributed by atoms with Crippen molar-refractivity contribution in [2.75, 3.05) is 5.73 Å². The Morgan fingerprint density at radius 3 is 2.39 bits per heavy atom. The summed E-state index contributed by atoms with van der Waals surface area (Å²) in [6, 6.07) is 14.0. The summed E-state index contributed by atoms with van der Waals surface area (Å²) in [6.07, 6.45) is 1.04. The second kappa shape index (κ2) is 5.91. The van der Waals surface area contributed by atoms with E-state index in [1.165, 1.54) is 5.56 Å². The van der Waals surface area contributed by atoms with Crippen LogP contribution in [-0.2, 0) is 13.0 Å². The average Bonchev–Trinajstić information content (AvgIpc) is 2.36. The van der Waals surface area contributed by atoms with Crippen LogP contribution in [0.4, 0.5) is 5.69 Å². The molecule has 0 aliphatic heterocycles. The van der Waals surface area contributed by atoms with Crippen molar-refractivity contribution in [3.63, 3.8) is 0 Å². The fourth-order valence-corrected chi connectivity index (χ4v) is 2.31. The zero-order valence-electron chi connectivity index (χ0n) is 10.3. The zero-order chi connectivity index (χ0) is 13.0. The monoisotopic (exact) mass is 305 g/mol. The van der Waals surface area contributed by atoms with E-state index < -0.39 is 0 Å². The zero-order valence-corrected chi connectivity index (χ0v) is 11.9. The van der Waals surface area contributed by atoms with Gasteiger partial charge in [0.15, 0.2) is 0 Å². The molecule has 2 nitrogen and oxygen atoms in total. The predicted molar refractivity (Wildman–Crippen MR) is 78.7 cm³/mol. The first-order chi connectivity index (χ1) is 8.67. The van der Waals surface area contributed by atoms with Crippen LogP contribution >= 0.6 is 15.9 Å². The van der Waals surface area contributed by atoms with Gasteiger partial charge in [0.05, 0.1) is 0 Å². The van der Waals surface area contributed by atoms with E-state index in [2.05, 4.69) is 35.0 Å². The molecule has 0 saturated carbocycles. The van der Waals surface area contributed by atoms with E-state index in [-0.39, 0.29) is 0 Å². The molecule has 18 heavy (non-hydrogen) atoms. The molecule has 0 unspecified atom stereocenters. The van der Waals surface area contributed by atoms with Crippen molar-refractivity contribution in [2.24, 2.45) is 0 Å². The van der Waals surface area contributed by atoms with E-state index in [4.69, 9.17) is 10.5 Å². The Hall–Kier alpha value is -1.48. The summed E-state index contributed by atoms with van der Waals surface area (Å²) in [5, 5.41) is 0. The van der Waals surface area contributed by atoms with Crippen molar-refractivity contribution in [3.05, 3.63) is 58.1 Å². The van der Waals surface area contributed by atoms with E-state index in [9.17, 15) is 0 Å². The first-order valence-corrected chi connectivity index (χ1v) is 6.73. The summed E-state index contributed by atoms with van der Waals surface area (Å²) in [6.45, 7) is 2.66. The van der Waals surface area contributed by atoms with Crippen LogP contribution in [0.1, 0.15) is 18.1 Å². The molecule has 0 aliphatic rings. The molecule has 0 heterocycles. The Morgan fingerprint density at radius 1 is 1.06 bits per heavy atom. The molecule has 0 bridgehead atoms. The molecule has 0 spiro atoms. The van der Waals surface area contributed by atoms with Crippen LogP contribution in [0.2, 0.25) is 0 Å². The highest BCUT2D eigenvalue weighted by Gasteiger charge is 1.99. The molecular formula is C15H16BrNO. The molecule has 0 radical (unpaired) electrons. The minimum atomic E-state index is 0.523. The molecule has 0 saturated heterocycles. The Bertz CT molecular complexity index is 502. The summed E-state index contributed by atoms with van der Waals surface area (Å²) in [5.74, 6) is 0.880. The quantitative estimate of drug-likeness (QED) is 0.860. The number of rotatable bonds is 4. The van der Waals surface area contributed by atoms with Crippen LogP contribution in [0, 0.1) is 0 Å². The average molecular weight is 306 g/mol. The maximum absolute atomic E-state index is 5.78. The van der Waals surface area contributed by atoms with Crippen LogP contribution in [0.25, 0.3) is 0 Å². The fraction of sp³-hybridized carbons (Fsp3) is 0.200. The Balaban J connectivity index is 2.01. The summed E-state index contributed by atoms with van der Waals surface area (Å²) < 4.78 is 6.70. The Kier molecular flexibility index (Phi) is 4.26. The molecule has 0 amide bonds. The van der Waals surface area contributed by atoms with Crippen LogP contribution in [0.15, 0.2) is 46.9 Å². The minimum Gasteiger partial charge on any atom is -0.489 e. The van der Waals surface area contributed by atoms with Gasteiger partial charge < -0.3 is 10.5 Å². The summed E-state index contributed by atoms with van der Waals surface area (Å²) in [7, 11) is 0. The standard InChI is InChI=1S/C15H16BrNO/c1-2-11-3-5-15(6-4-11)18-10-12-7-13(16)9-14(17)8-12/h3-9H,2,10,17H2,1H3. The van der Waals surface area contributed by atoms with Gasteiger partial charge in [-0.05, 0) is 47.9 Å². The van der Waals surface area contributed by atoms with Gasteiger partial charge in [0, 0.05) is 10.2 Å². The molecule has 0 aromatic heterocycles. The lowest BCUT2D eigenvalue weighted by Gasteiger charge is -2.08. The van der Waals surface area contributed by atoms with E-state index >= 15 is 0 Å². The number of hydrogen-bond acceptors (Lipinski definition) is 2. The molecule has 0 fully saturated rings. The highest BCUT2D eigenvalue weighted by Crippen LogP contribution is 2.19. The van der Waals surface area contributed by atoms with Gasteiger partial charge in [-0.3, -0.25) is 0 Å². The maximum atomic E-state index is 5.78. The van der Waals surface area contributed by atoms with Gasteiger partial charge >= 0.3 is 0 Å². The second-order valence-electron chi connectivity index (χ2n) is 4.18. The Labute approximate surface area is 116 Å². The number of nitrogen functional groups attached to an aromatic ring is 1. The van der Waals surface area contributed by atoms with Gasteiger partial charge in [-0.2, -0.15) is 0 Å². The third-order valence-electron chi connectivity index (χ3n) is 2.72. The number of nitrogens with two attached hydrogens (primary N) is 1.